The molecule has 10 nitrogen and oxygen atoms in total. The summed E-state index contributed by atoms with van der Waals surface area (Å²) in [5, 5.41) is 6.31. The van der Waals surface area contributed by atoms with Gasteiger partial charge in [0.2, 0.25) is 0 Å². The molecule has 1 rings (SSSR count). The number of hydrogen-bond acceptors (Lipinski definition) is 7. The number of hydrogen-bond donors (Lipinski definition) is 2. The number of carbonyl (C=O) groups is 1. The molecule has 12 heteroatoms. The monoisotopic (exact) mass is 352 g/mol. The summed E-state index contributed by atoms with van der Waals surface area (Å²) < 4.78 is 56.0. The fourth-order valence-corrected chi connectivity index (χ4v) is 2.20. The molecule has 0 aliphatic carbocycles. The maximum atomic E-state index is 11.7. The molecule has 0 saturated carbocycles. The summed E-state index contributed by atoms with van der Waals surface area (Å²) in [6, 6.07) is 1.44. The maximum Gasteiger partial charge on any atom is 0.253 e. The molecule has 1 aromatic rings. The van der Waals surface area contributed by atoms with Gasteiger partial charge in [0.05, 0.1) is 17.9 Å². The first-order valence-electron chi connectivity index (χ1n) is 6.09. The predicted octanol–water partition coefficient (Wildman–Crippen LogP) is -2.81. The first kappa shape index (κ1) is 18.4. The van der Waals surface area contributed by atoms with Gasteiger partial charge in [-0.15, -0.1) is 0 Å². The van der Waals surface area contributed by atoms with Gasteiger partial charge in [-0.25, -0.2) is 21.6 Å². The molecule has 0 bridgehead atoms. The van der Waals surface area contributed by atoms with E-state index >= 15 is 0 Å². The van der Waals surface area contributed by atoms with E-state index in [0.717, 1.165) is 6.26 Å². The standard InChI is InChI=1S/C10H16N4O6S2/c1-21(16,17)7-4-11-10(15)9-2-5-14(12-8-9)6-3-13-22(18,19)20/h2,5,8,13H,3-4,6-7H2,1H3,(H-,11,15,18,19,20). The maximum absolute atomic E-state index is 11.7. The Labute approximate surface area is 128 Å². The van der Waals surface area contributed by atoms with Crippen LogP contribution in [-0.2, 0) is 26.7 Å². The molecule has 0 aliphatic heterocycles. The van der Waals surface area contributed by atoms with Crippen molar-refractivity contribution < 1.29 is 30.9 Å². The molecule has 0 saturated heterocycles. The predicted molar refractivity (Wildman–Crippen MR) is 74.2 cm³/mol. The average Bonchev–Trinajstić information content (AvgIpc) is 2.36. The lowest BCUT2D eigenvalue weighted by atomic mass is 10.3. The van der Waals surface area contributed by atoms with Crippen LogP contribution >= 0.6 is 0 Å². The Balaban J connectivity index is 2.48. The molecule has 1 amide bonds. The van der Waals surface area contributed by atoms with Crippen LogP contribution in [0.3, 0.4) is 0 Å². The number of sulfone groups is 1. The van der Waals surface area contributed by atoms with Crippen LogP contribution in [0, 0.1) is 0 Å². The third-order valence-corrected chi connectivity index (χ3v) is 3.92. The van der Waals surface area contributed by atoms with Crippen LogP contribution in [0.1, 0.15) is 10.4 Å². The summed E-state index contributed by atoms with van der Waals surface area (Å²) in [7, 11) is -7.64. The summed E-state index contributed by atoms with van der Waals surface area (Å²) in [6.45, 7) is -0.00130. The normalized spacial score (nSPS) is 12.1. The van der Waals surface area contributed by atoms with Crippen molar-refractivity contribution in [1.82, 2.24) is 15.1 Å². The van der Waals surface area contributed by atoms with Crippen LogP contribution in [0.2, 0.25) is 0 Å². The molecule has 22 heavy (non-hydrogen) atoms. The molecule has 0 aromatic carbocycles. The van der Waals surface area contributed by atoms with Gasteiger partial charge < -0.3 is 9.87 Å². The minimum absolute atomic E-state index is 0.00214. The first-order valence-corrected chi connectivity index (χ1v) is 9.56. The smallest absolute Gasteiger partial charge is 0.253 e. The van der Waals surface area contributed by atoms with E-state index in [-0.39, 0.29) is 31.0 Å². The van der Waals surface area contributed by atoms with Crippen LogP contribution in [0.4, 0.5) is 0 Å². The number of rotatable bonds is 8. The van der Waals surface area contributed by atoms with Crippen molar-refractivity contribution in [3.8, 4) is 0 Å². The van der Waals surface area contributed by atoms with E-state index in [1.807, 2.05) is 0 Å². The summed E-state index contributed by atoms with van der Waals surface area (Å²) in [6.07, 6.45) is 3.76. The van der Waals surface area contributed by atoms with E-state index in [2.05, 4.69) is 10.4 Å². The third kappa shape index (κ3) is 7.97. The number of carbonyl (C=O) groups excluding carboxylic acids is 1. The second-order valence-electron chi connectivity index (χ2n) is 4.41. The molecule has 0 fully saturated rings. The zero-order chi connectivity index (χ0) is 16.8. The molecule has 1 aromatic heterocycles. The minimum Gasteiger partial charge on any atom is -0.735 e. The van der Waals surface area contributed by atoms with E-state index in [1.54, 1.807) is 4.72 Å². The lowest BCUT2D eigenvalue weighted by Crippen LogP contribution is -2.43. The van der Waals surface area contributed by atoms with E-state index in [0.29, 0.717) is 0 Å². The average molecular weight is 352 g/mol. The summed E-state index contributed by atoms with van der Waals surface area (Å²) in [5.41, 5.74) is 0.231. The van der Waals surface area contributed by atoms with Crippen molar-refractivity contribution in [2.24, 2.45) is 0 Å². The van der Waals surface area contributed by atoms with Gasteiger partial charge in [0.15, 0.2) is 23.0 Å². The van der Waals surface area contributed by atoms with Crippen LogP contribution in [0.5, 0.6) is 0 Å². The SMILES string of the molecule is CS(=O)(=O)CCNC(=O)c1cc[n+](CCNS(=O)(=O)[O-])nc1. The largest absolute Gasteiger partial charge is 0.735 e. The van der Waals surface area contributed by atoms with Crippen molar-refractivity contribution in [3.05, 3.63) is 24.0 Å². The molecule has 124 valence electrons. The molecule has 0 radical (unpaired) electrons. The highest BCUT2D eigenvalue weighted by Gasteiger charge is 2.10. The Morgan fingerprint density at radius 1 is 1.32 bits per heavy atom. The lowest BCUT2D eigenvalue weighted by molar-refractivity contribution is -0.752. The summed E-state index contributed by atoms with van der Waals surface area (Å²) >= 11 is 0. The Morgan fingerprint density at radius 3 is 2.50 bits per heavy atom. The quantitative estimate of drug-likeness (QED) is 0.379. The highest BCUT2D eigenvalue weighted by molar-refractivity contribution is 7.90. The number of nitrogens with zero attached hydrogens (tertiary/aromatic N) is 2. The molecular formula is C10H16N4O6S2. The van der Waals surface area contributed by atoms with Crippen LogP contribution < -0.4 is 14.7 Å². The van der Waals surface area contributed by atoms with Gasteiger partial charge in [0.25, 0.3) is 5.91 Å². The van der Waals surface area contributed by atoms with Gasteiger partial charge in [0, 0.05) is 18.9 Å². The van der Waals surface area contributed by atoms with Gasteiger partial charge in [-0.3, -0.25) is 4.79 Å². The molecule has 0 spiro atoms. The van der Waals surface area contributed by atoms with Crippen LogP contribution in [0.15, 0.2) is 18.5 Å². The third-order valence-electron chi connectivity index (χ3n) is 2.41. The Bertz CT molecular complexity index is 714. The van der Waals surface area contributed by atoms with Crippen LogP contribution in [-0.4, -0.2) is 57.5 Å². The van der Waals surface area contributed by atoms with Gasteiger partial charge in [0.1, 0.15) is 16.0 Å². The molecular weight excluding hydrogens is 336 g/mol. The van der Waals surface area contributed by atoms with Crippen molar-refractivity contribution >= 4 is 26.0 Å². The number of amides is 1. The topological polar surface area (TPSA) is 149 Å². The van der Waals surface area contributed by atoms with Crippen molar-refractivity contribution in [1.29, 1.82) is 0 Å². The first-order chi connectivity index (χ1) is 10.1. The number of nitrogens with one attached hydrogen (secondary N) is 2. The zero-order valence-corrected chi connectivity index (χ0v) is 13.4. The second kappa shape index (κ2) is 7.58. The Kier molecular flexibility index (Phi) is 6.34. The molecule has 0 unspecified atom stereocenters. The lowest BCUT2D eigenvalue weighted by Gasteiger charge is -2.06. The van der Waals surface area contributed by atoms with E-state index in [4.69, 9.17) is 0 Å². The number of aromatic nitrogens is 2. The van der Waals surface area contributed by atoms with E-state index in [1.165, 1.54) is 23.1 Å². The zero-order valence-electron chi connectivity index (χ0n) is 11.7. The summed E-state index contributed by atoms with van der Waals surface area (Å²) in [5.74, 6) is -0.627. The van der Waals surface area contributed by atoms with Crippen molar-refractivity contribution in [2.75, 3.05) is 25.1 Å². The van der Waals surface area contributed by atoms with Crippen molar-refractivity contribution in [2.45, 2.75) is 6.54 Å². The minimum atomic E-state index is -4.49. The highest BCUT2D eigenvalue weighted by atomic mass is 32.2. The molecule has 0 aliphatic rings. The van der Waals surface area contributed by atoms with Crippen molar-refractivity contribution in [3.63, 3.8) is 0 Å². The highest BCUT2D eigenvalue weighted by Crippen LogP contribution is 1.93. The van der Waals surface area contributed by atoms with Gasteiger partial charge in [-0.1, -0.05) is 4.68 Å². The Morgan fingerprint density at radius 2 is 2.00 bits per heavy atom. The van der Waals surface area contributed by atoms with Gasteiger partial charge >= 0.3 is 0 Å². The second-order valence-corrected chi connectivity index (χ2v) is 7.87. The molecule has 1 heterocycles. The fourth-order valence-electron chi connectivity index (χ4n) is 1.39. The van der Waals surface area contributed by atoms with E-state index in [9.17, 15) is 26.2 Å². The molecule has 0 atom stereocenters. The van der Waals surface area contributed by atoms with E-state index < -0.39 is 26.0 Å². The Hall–Kier alpha value is -1.63. The van der Waals surface area contributed by atoms with Gasteiger partial charge in [-0.2, -0.15) is 0 Å². The van der Waals surface area contributed by atoms with Gasteiger partial charge in [-0.05, 0) is 5.10 Å². The van der Waals surface area contributed by atoms with Crippen LogP contribution in [0.25, 0.3) is 0 Å². The summed E-state index contributed by atoms with van der Waals surface area (Å²) in [4.78, 5) is 11.7. The fraction of sp³-hybridized carbons (Fsp3) is 0.500. The molecule has 2 N–H and O–H groups in total.